The topological polar surface area (TPSA) is 91.8 Å². The first-order valence-electron chi connectivity index (χ1n) is 8.66. The number of nitrogens with one attached hydrogen (secondary N) is 3. The van der Waals surface area contributed by atoms with Gasteiger partial charge in [-0.2, -0.15) is 0 Å². The van der Waals surface area contributed by atoms with Crippen LogP contribution in [0.15, 0.2) is 40.2 Å². The maximum Gasteiger partial charge on any atom is 0.407 e. The Balaban J connectivity index is 0.00000676. The Hall–Kier alpha value is -1.36. The summed E-state index contributed by atoms with van der Waals surface area (Å²) < 4.78 is 17.3. The van der Waals surface area contributed by atoms with Crippen molar-refractivity contribution in [1.82, 2.24) is 16.0 Å². The highest BCUT2D eigenvalue weighted by molar-refractivity contribution is 14.0. The van der Waals surface area contributed by atoms with Gasteiger partial charge < -0.3 is 20.7 Å². The number of benzene rings is 1. The van der Waals surface area contributed by atoms with Crippen molar-refractivity contribution in [1.29, 1.82) is 0 Å². The summed E-state index contributed by atoms with van der Waals surface area (Å²) >= 11 is 0. The van der Waals surface area contributed by atoms with E-state index in [1.165, 1.54) is 0 Å². The van der Waals surface area contributed by atoms with E-state index in [9.17, 15) is 9.00 Å². The van der Waals surface area contributed by atoms with E-state index >= 15 is 0 Å². The summed E-state index contributed by atoms with van der Waals surface area (Å²) in [5, 5.41) is 8.99. The molecule has 27 heavy (non-hydrogen) atoms. The molecular weight excluding hydrogens is 479 g/mol. The molecule has 0 heterocycles. The summed E-state index contributed by atoms with van der Waals surface area (Å²) in [6.45, 7) is 7.20. The zero-order valence-electron chi connectivity index (χ0n) is 16.4. The van der Waals surface area contributed by atoms with Crippen molar-refractivity contribution in [3.8, 4) is 0 Å². The van der Waals surface area contributed by atoms with Gasteiger partial charge in [-0.3, -0.25) is 9.20 Å². The SMILES string of the molecule is CN=C(NCCCNC(=O)OC(C)(C)C)NCCS(=O)c1ccccc1.I. The predicted molar refractivity (Wildman–Crippen MR) is 121 cm³/mol. The molecule has 0 aliphatic heterocycles. The fraction of sp³-hybridized carbons (Fsp3) is 0.556. The number of halogens is 1. The van der Waals surface area contributed by atoms with Crippen LogP contribution in [0.5, 0.6) is 0 Å². The number of amides is 1. The summed E-state index contributed by atoms with van der Waals surface area (Å²) in [4.78, 5) is 16.5. The van der Waals surface area contributed by atoms with Gasteiger partial charge in [0, 0.05) is 37.3 Å². The monoisotopic (exact) mass is 510 g/mol. The highest BCUT2D eigenvalue weighted by atomic mass is 127. The molecule has 1 aromatic carbocycles. The van der Waals surface area contributed by atoms with Crippen molar-refractivity contribution in [2.45, 2.75) is 37.7 Å². The van der Waals surface area contributed by atoms with Crippen LogP contribution in [0.25, 0.3) is 0 Å². The second-order valence-electron chi connectivity index (χ2n) is 6.57. The van der Waals surface area contributed by atoms with Crippen LogP contribution >= 0.6 is 24.0 Å². The first-order valence-corrected chi connectivity index (χ1v) is 9.98. The van der Waals surface area contributed by atoms with Gasteiger partial charge in [-0.1, -0.05) is 18.2 Å². The van der Waals surface area contributed by atoms with E-state index in [0.29, 0.717) is 31.3 Å². The van der Waals surface area contributed by atoms with Crippen LogP contribution in [-0.4, -0.2) is 54.3 Å². The van der Waals surface area contributed by atoms with Crippen molar-refractivity contribution in [2.75, 3.05) is 32.4 Å². The van der Waals surface area contributed by atoms with Gasteiger partial charge in [0.25, 0.3) is 0 Å². The normalized spacial score (nSPS) is 12.5. The molecule has 0 aliphatic rings. The van der Waals surface area contributed by atoms with Crippen molar-refractivity contribution in [2.24, 2.45) is 4.99 Å². The molecule has 0 bridgehead atoms. The van der Waals surface area contributed by atoms with Gasteiger partial charge in [-0.05, 0) is 39.3 Å². The Kier molecular flexibility index (Phi) is 13.1. The van der Waals surface area contributed by atoms with E-state index in [-0.39, 0.29) is 24.0 Å². The summed E-state index contributed by atoms with van der Waals surface area (Å²) in [5.74, 6) is 1.15. The third-order valence-corrected chi connectivity index (χ3v) is 4.50. The standard InChI is InChI=1S/C18H30N4O3S.HI/c1-18(2,3)25-17(23)22-12-8-11-20-16(19-4)21-13-14-26(24)15-9-6-5-7-10-15;/h5-7,9-10H,8,11-14H2,1-4H3,(H,22,23)(H2,19,20,21);1H. The Morgan fingerprint density at radius 2 is 1.67 bits per heavy atom. The minimum absolute atomic E-state index is 0. The van der Waals surface area contributed by atoms with Crippen molar-refractivity contribution in [3.63, 3.8) is 0 Å². The molecule has 0 saturated heterocycles. The zero-order valence-corrected chi connectivity index (χ0v) is 19.6. The third-order valence-electron chi connectivity index (χ3n) is 3.12. The van der Waals surface area contributed by atoms with E-state index in [0.717, 1.165) is 11.3 Å². The third kappa shape index (κ3) is 12.6. The summed E-state index contributed by atoms with van der Waals surface area (Å²) in [6, 6.07) is 9.39. The smallest absolute Gasteiger partial charge is 0.407 e. The van der Waals surface area contributed by atoms with E-state index in [2.05, 4.69) is 20.9 Å². The first-order chi connectivity index (χ1) is 12.3. The van der Waals surface area contributed by atoms with Crippen molar-refractivity contribution < 1.29 is 13.7 Å². The zero-order chi connectivity index (χ0) is 19.4. The van der Waals surface area contributed by atoms with Gasteiger partial charge in [0.05, 0.1) is 10.8 Å². The maximum absolute atomic E-state index is 12.1. The number of ether oxygens (including phenoxy) is 1. The molecule has 9 heteroatoms. The number of hydrogen-bond donors (Lipinski definition) is 3. The van der Waals surface area contributed by atoms with E-state index in [1.807, 2.05) is 51.1 Å². The fourth-order valence-corrected chi connectivity index (χ4v) is 2.96. The largest absolute Gasteiger partial charge is 0.444 e. The van der Waals surface area contributed by atoms with E-state index in [1.54, 1.807) is 7.05 Å². The van der Waals surface area contributed by atoms with Crippen LogP contribution in [0.1, 0.15) is 27.2 Å². The van der Waals surface area contributed by atoms with Crippen LogP contribution in [0, 0.1) is 0 Å². The quantitative estimate of drug-likeness (QED) is 0.216. The lowest BCUT2D eigenvalue weighted by Crippen LogP contribution is -2.40. The number of carbonyl (C=O) groups is 1. The Bertz CT molecular complexity index is 606. The second kappa shape index (κ2) is 13.8. The molecule has 1 aromatic rings. The van der Waals surface area contributed by atoms with Gasteiger partial charge >= 0.3 is 6.09 Å². The Morgan fingerprint density at radius 3 is 2.26 bits per heavy atom. The Morgan fingerprint density at radius 1 is 1.07 bits per heavy atom. The number of hydrogen-bond acceptors (Lipinski definition) is 4. The van der Waals surface area contributed by atoms with E-state index < -0.39 is 22.5 Å². The van der Waals surface area contributed by atoms with Crippen LogP contribution in [0.3, 0.4) is 0 Å². The minimum atomic E-state index is -1.03. The van der Waals surface area contributed by atoms with E-state index in [4.69, 9.17) is 4.74 Å². The molecule has 0 fully saturated rings. The highest BCUT2D eigenvalue weighted by Crippen LogP contribution is 2.06. The summed E-state index contributed by atoms with van der Waals surface area (Å²) in [5.41, 5.74) is -0.492. The highest BCUT2D eigenvalue weighted by Gasteiger charge is 2.15. The van der Waals surface area contributed by atoms with Crippen LogP contribution in [0.2, 0.25) is 0 Å². The first kappa shape index (κ1) is 25.6. The van der Waals surface area contributed by atoms with Crippen LogP contribution in [-0.2, 0) is 15.5 Å². The molecule has 0 spiro atoms. The molecule has 0 radical (unpaired) electrons. The molecule has 7 nitrogen and oxygen atoms in total. The van der Waals surface area contributed by atoms with Gasteiger partial charge in [-0.25, -0.2) is 4.79 Å². The molecule has 0 aliphatic carbocycles. The van der Waals surface area contributed by atoms with Crippen LogP contribution < -0.4 is 16.0 Å². The maximum atomic E-state index is 12.1. The number of nitrogens with zero attached hydrogens (tertiary/aromatic N) is 1. The molecule has 0 saturated carbocycles. The minimum Gasteiger partial charge on any atom is -0.444 e. The number of aliphatic imine (C=N–C) groups is 1. The molecule has 0 aromatic heterocycles. The lowest BCUT2D eigenvalue weighted by molar-refractivity contribution is 0.0527. The van der Waals surface area contributed by atoms with Gasteiger partial charge in [0.15, 0.2) is 5.96 Å². The predicted octanol–water partition coefficient (Wildman–Crippen LogP) is 2.49. The molecule has 154 valence electrons. The average Bonchev–Trinajstić information content (AvgIpc) is 2.59. The second-order valence-corrected chi connectivity index (χ2v) is 8.14. The number of carbonyl (C=O) groups excluding carboxylic acids is 1. The Labute approximate surface area is 181 Å². The lowest BCUT2D eigenvalue weighted by Gasteiger charge is -2.19. The molecular formula is C18H31IN4O3S. The van der Waals surface area contributed by atoms with Crippen LogP contribution in [0.4, 0.5) is 4.79 Å². The fourth-order valence-electron chi connectivity index (χ4n) is 1.97. The van der Waals surface area contributed by atoms with Gasteiger partial charge in [-0.15, -0.1) is 24.0 Å². The van der Waals surface area contributed by atoms with Gasteiger partial charge in [0.2, 0.25) is 0 Å². The number of guanidine groups is 1. The molecule has 1 amide bonds. The molecule has 1 unspecified atom stereocenters. The number of rotatable bonds is 8. The summed E-state index contributed by atoms with van der Waals surface area (Å²) in [7, 11) is 0.652. The van der Waals surface area contributed by atoms with Crippen molar-refractivity contribution >= 4 is 46.8 Å². The summed E-state index contributed by atoms with van der Waals surface area (Å²) in [6.07, 6.45) is 0.319. The molecule has 1 rings (SSSR count). The lowest BCUT2D eigenvalue weighted by atomic mass is 10.2. The van der Waals surface area contributed by atoms with Crippen molar-refractivity contribution in [3.05, 3.63) is 30.3 Å². The van der Waals surface area contributed by atoms with Gasteiger partial charge in [0.1, 0.15) is 5.60 Å². The molecule has 1 atom stereocenters. The number of alkyl carbamates (subject to hydrolysis) is 1. The molecule has 3 N–H and O–H groups in total. The average molecular weight is 510 g/mol.